The van der Waals surface area contributed by atoms with Gasteiger partial charge in [0, 0.05) is 22.5 Å². The van der Waals surface area contributed by atoms with Gasteiger partial charge in [-0.25, -0.2) is 9.37 Å². The topological polar surface area (TPSA) is 38.9 Å². The van der Waals surface area contributed by atoms with Crippen LogP contribution < -0.4 is 5.73 Å². The first-order valence-electron chi connectivity index (χ1n) is 5.21. The third-order valence-electron chi connectivity index (χ3n) is 2.39. The molecule has 0 saturated carbocycles. The van der Waals surface area contributed by atoms with Crippen molar-refractivity contribution in [2.24, 2.45) is 5.73 Å². The molecule has 0 aliphatic carbocycles. The lowest BCUT2D eigenvalue weighted by molar-refractivity contribution is 0.610. The van der Waals surface area contributed by atoms with Gasteiger partial charge in [0.2, 0.25) is 0 Å². The normalized spacial score (nSPS) is 12.7. The number of aryl methyl sites for hydroxylation is 1. The Hall–Kier alpha value is -0.910. The molecule has 2 aromatic rings. The van der Waals surface area contributed by atoms with Gasteiger partial charge in [-0.2, -0.15) is 0 Å². The first-order chi connectivity index (χ1) is 8.08. The minimum atomic E-state index is -0.208. The van der Waals surface area contributed by atoms with Gasteiger partial charge in [0.25, 0.3) is 0 Å². The van der Waals surface area contributed by atoms with Gasteiger partial charge in [0.1, 0.15) is 5.82 Å². The largest absolute Gasteiger partial charge is 0.324 e. The Kier molecular flexibility index (Phi) is 3.81. The van der Waals surface area contributed by atoms with E-state index in [9.17, 15) is 4.39 Å². The fourth-order valence-corrected chi connectivity index (χ4v) is 3.36. The number of halogens is 1. The molecule has 90 valence electrons. The van der Waals surface area contributed by atoms with Crippen LogP contribution in [0, 0.1) is 12.7 Å². The Morgan fingerprint density at radius 3 is 2.82 bits per heavy atom. The first kappa shape index (κ1) is 12.5. The van der Waals surface area contributed by atoms with Crippen molar-refractivity contribution >= 4 is 23.1 Å². The van der Waals surface area contributed by atoms with Crippen LogP contribution in [0.3, 0.4) is 0 Å². The average Bonchev–Trinajstić information content (AvgIpc) is 2.75. The van der Waals surface area contributed by atoms with Crippen LogP contribution in [0.2, 0.25) is 0 Å². The minimum Gasteiger partial charge on any atom is -0.324 e. The lowest BCUT2D eigenvalue weighted by atomic mass is 10.1. The number of hydrogen-bond donors (Lipinski definition) is 1. The number of benzene rings is 1. The second-order valence-electron chi connectivity index (χ2n) is 3.83. The molecule has 17 heavy (non-hydrogen) atoms. The van der Waals surface area contributed by atoms with Gasteiger partial charge in [-0.3, -0.25) is 0 Å². The number of hydrogen-bond acceptors (Lipinski definition) is 4. The summed E-state index contributed by atoms with van der Waals surface area (Å²) in [7, 11) is 0. The van der Waals surface area contributed by atoms with E-state index in [1.165, 1.54) is 17.8 Å². The maximum Gasteiger partial charge on any atom is 0.154 e. The molecule has 0 amide bonds. The van der Waals surface area contributed by atoms with Crippen LogP contribution in [0.25, 0.3) is 0 Å². The predicted octanol–water partition coefficient (Wildman–Crippen LogP) is 3.76. The summed E-state index contributed by atoms with van der Waals surface area (Å²) in [4.78, 5) is 5.19. The van der Waals surface area contributed by atoms with Gasteiger partial charge < -0.3 is 5.73 Å². The Morgan fingerprint density at radius 2 is 2.24 bits per heavy atom. The molecule has 0 aliphatic heterocycles. The van der Waals surface area contributed by atoms with E-state index in [0.717, 1.165) is 14.8 Å². The first-order valence-corrected chi connectivity index (χ1v) is 6.90. The standard InChI is InChI=1S/C12H13FN2S2/c1-7-5-11(17-12-15-3-4-16-12)9(8(2)14)6-10(7)13/h3-6,8H,14H2,1-2H3. The summed E-state index contributed by atoms with van der Waals surface area (Å²) in [5, 5.41) is 1.92. The van der Waals surface area contributed by atoms with E-state index in [2.05, 4.69) is 4.98 Å². The maximum atomic E-state index is 13.5. The minimum absolute atomic E-state index is 0.187. The fraction of sp³-hybridized carbons (Fsp3) is 0.250. The number of aromatic nitrogens is 1. The maximum absolute atomic E-state index is 13.5. The molecule has 1 unspecified atom stereocenters. The smallest absolute Gasteiger partial charge is 0.154 e. The summed E-state index contributed by atoms with van der Waals surface area (Å²) >= 11 is 3.10. The fourth-order valence-electron chi connectivity index (χ4n) is 1.47. The van der Waals surface area contributed by atoms with Crippen LogP contribution >= 0.6 is 23.1 Å². The van der Waals surface area contributed by atoms with E-state index in [1.807, 2.05) is 18.4 Å². The molecule has 0 saturated heterocycles. The van der Waals surface area contributed by atoms with Gasteiger partial charge in [-0.15, -0.1) is 11.3 Å². The highest BCUT2D eigenvalue weighted by atomic mass is 32.2. The summed E-state index contributed by atoms with van der Waals surface area (Å²) in [5.74, 6) is -0.208. The van der Waals surface area contributed by atoms with Crippen molar-refractivity contribution in [3.05, 3.63) is 40.7 Å². The monoisotopic (exact) mass is 268 g/mol. The number of thiazole rings is 1. The molecule has 0 spiro atoms. The Balaban J connectivity index is 2.41. The SMILES string of the molecule is Cc1cc(Sc2nccs2)c(C(C)N)cc1F. The molecule has 2 nitrogen and oxygen atoms in total. The van der Waals surface area contributed by atoms with Crippen molar-refractivity contribution < 1.29 is 4.39 Å². The van der Waals surface area contributed by atoms with E-state index < -0.39 is 0 Å². The second-order valence-corrected chi connectivity index (χ2v) is 6.01. The molecule has 0 aliphatic rings. The number of nitrogens with zero attached hydrogens (tertiary/aromatic N) is 1. The van der Waals surface area contributed by atoms with Gasteiger partial charge in [0.15, 0.2) is 4.34 Å². The molecule has 1 atom stereocenters. The third-order valence-corrected chi connectivity index (χ3v) is 4.35. The van der Waals surface area contributed by atoms with Gasteiger partial charge in [-0.1, -0.05) is 11.8 Å². The molecule has 1 aromatic heterocycles. The van der Waals surface area contributed by atoms with E-state index >= 15 is 0 Å². The molecule has 2 N–H and O–H groups in total. The summed E-state index contributed by atoms with van der Waals surface area (Å²) in [6, 6.07) is 3.17. The van der Waals surface area contributed by atoms with Crippen molar-refractivity contribution in [2.75, 3.05) is 0 Å². The van der Waals surface area contributed by atoms with Crippen LogP contribution in [0.5, 0.6) is 0 Å². The van der Waals surface area contributed by atoms with E-state index in [-0.39, 0.29) is 11.9 Å². The summed E-state index contributed by atoms with van der Waals surface area (Å²) in [6.07, 6.45) is 1.76. The van der Waals surface area contributed by atoms with Crippen LogP contribution in [0.4, 0.5) is 4.39 Å². The molecule has 5 heteroatoms. The molecule has 0 bridgehead atoms. The van der Waals surface area contributed by atoms with Gasteiger partial charge >= 0.3 is 0 Å². The van der Waals surface area contributed by atoms with E-state index in [1.54, 1.807) is 24.5 Å². The number of nitrogens with two attached hydrogens (primary N) is 1. The average molecular weight is 268 g/mol. The third kappa shape index (κ3) is 2.86. The predicted molar refractivity (Wildman–Crippen MR) is 70.0 cm³/mol. The zero-order valence-corrected chi connectivity index (χ0v) is 11.2. The van der Waals surface area contributed by atoms with Crippen molar-refractivity contribution in [3.63, 3.8) is 0 Å². The highest BCUT2D eigenvalue weighted by molar-refractivity contribution is 8.01. The molecule has 2 rings (SSSR count). The highest BCUT2D eigenvalue weighted by Crippen LogP contribution is 2.35. The van der Waals surface area contributed by atoms with Crippen molar-refractivity contribution in [3.8, 4) is 0 Å². The zero-order chi connectivity index (χ0) is 12.4. The highest BCUT2D eigenvalue weighted by Gasteiger charge is 2.12. The molecule has 0 fully saturated rings. The van der Waals surface area contributed by atoms with Crippen molar-refractivity contribution in [1.29, 1.82) is 0 Å². The molecular formula is C12H13FN2S2. The Bertz CT molecular complexity index is 509. The van der Waals surface area contributed by atoms with Crippen LogP contribution in [-0.2, 0) is 0 Å². The van der Waals surface area contributed by atoms with Crippen LogP contribution in [-0.4, -0.2) is 4.98 Å². The lowest BCUT2D eigenvalue weighted by Crippen LogP contribution is -2.07. The summed E-state index contributed by atoms with van der Waals surface area (Å²) in [5.41, 5.74) is 7.33. The quantitative estimate of drug-likeness (QED) is 0.921. The molecule has 0 radical (unpaired) electrons. The molecule has 1 heterocycles. The Morgan fingerprint density at radius 1 is 1.47 bits per heavy atom. The van der Waals surface area contributed by atoms with Gasteiger partial charge in [0.05, 0.1) is 0 Å². The van der Waals surface area contributed by atoms with Crippen molar-refractivity contribution in [1.82, 2.24) is 4.98 Å². The second kappa shape index (κ2) is 5.16. The summed E-state index contributed by atoms with van der Waals surface area (Å²) < 4.78 is 14.5. The van der Waals surface area contributed by atoms with Crippen LogP contribution in [0.15, 0.2) is 32.9 Å². The summed E-state index contributed by atoms with van der Waals surface area (Å²) in [6.45, 7) is 3.61. The molecular weight excluding hydrogens is 255 g/mol. The van der Waals surface area contributed by atoms with E-state index in [4.69, 9.17) is 5.73 Å². The molecule has 1 aromatic carbocycles. The lowest BCUT2D eigenvalue weighted by Gasteiger charge is -2.12. The van der Waals surface area contributed by atoms with Crippen molar-refractivity contribution in [2.45, 2.75) is 29.1 Å². The Labute approximate surface area is 108 Å². The van der Waals surface area contributed by atoms with E-state index in [0.29, 0.717) is 5.56 Å². The van der Waals surface area contributed by atoms with Crippen LogP contribution in [0.1, 0.15) is 24.1 Å². The number of rotatable bonds is 3. The zero-order valence-electron chi connectivity index (χ0n) is 9.61. The van der Waals surface area contributed by atoms with Gasteiger partial charge in [-0.05, 0) is 37.1 Å².